The molecule has 1 aliphatic heterocycles. The topological polar surface area (TPSA) is 81.5 Å². The van der Waals surface area contributed by atoms with Crippen LogP contribution in [-0.4, -0.2) is 30.6 Å². The zero-order valence-electron chi connectivity index (χ0n) is 11.2. The van der Waals surface area contributed by atoms with Crippen molar-refractivity contribution in [2.45, 2.75) is 6.92 Å². The van der Waals surface area contributed by atoms with E-state index in [1.807, 2.05) is 6.92 Å². The van der Waals surface area contributed by atoms with E-state index in [-0.39, 0.29) is 17.0 Å². The molecule has 1 aromatic carbocycles. The van der Waals surface area contributed by atoms with Crippen molar-refractivity contribution in [3.05, 3.63) is 46.0 Å². The summed E-state index contributed by atoms with van der Waals surface area (Å²) in [5.74, 6) is -0.267. The van der Waals surface area contributed by atoms with Gasteiger partial charge in [0.05, 0.1) is 23.7 Å². The molecule has 0 bridgehead atoms. The third-order valence-electron chi connectivity index (χ3n) is 3.14. The molecule has 0 spiro atoms. The lowest BCUT2D eigenvalue weighted by Crippen LogP contribution is -2.48. The molecule has 1 heterocycles. The van der Waals surface area contributed by atoms with Gasteiger partial charge in [-0.1, -0.05) is 19.1 Å². The minimum absolute atomic E-state index is 0.00223. The van der Waals surface area contributed by atoms with E-state index in [1.54, 1.807) is 18.2 Å². The summed E-state index contributed by atoms with van der Waals surface area (Å²) in [6.45, 7) is 3.85. The highest BCUT2D eigenvalue weighted by molar-refractivity contribution is 5.92. The van der Waals surface area contributed by atoms with Crippen LogP contribution in [0.2, 0.25) is 0 Å². The molecule has 1 saturated heterocycles. The maximum absolute atomic E-state index is 11.7. The van der Waals surface area contributed by atoms with Gasteiger partial charge in [-0.05, 0) is 12.1 Å². The molecule has 0 unspecified atom stereocenters. The van der Waals surface area contributed by atoms with Crippen LogP contribution in [0.3, 0.4) is 0 Å². The Morgan fingerprint density at radius 2 is 2.20 bits per heavy atom. The molecular formula is C14H16N2O4. The van der Waals surface area contributed by atoms with Gasteiger partial charge in [0.25, 0.3) is 5.69 Å². The minimum Gasteiger partial charge on any atom is -0.380 e. The second kappa shape index (κ2) is 5.83. The lowest BCUT2D eigenvalue weighted by Gasteiger charge is -2.37. The number of nitro groups is 1. The lowest BCUT2D eigenvalue weighted by atomic mass is 9.89. The maximum atomic E-state index is 11.7. The smallest absolute Gasteiger partial charge is 0.276 e. The van der Waals surface area contributed by atoms with E-state index in [9.17, 15) is 14.9 Å². The van der Waals surface area contributed by atoms with Crippen LogP contribution in [0.4, 0.5) is 5.69 Å². The fourth-order valence-corrected chi connectivity index (χ4v) is 1.87. The van der Waals surface area contributed by atoms with Crippen molar-refractivity contribution in [1.29, 1.82) is 0 Å². The van der Waals surface area contributed by atoms with Crippen LogP contribution in [0.1, 0.15) is 12.5 Å². The standard InChI is InChI=1S/C14H16N2O4/c1-14(9-20-10-14)8-15-13(17)7-6-11-4-2-3-5-12(11)16(18)19/h2-7H,8-10H2,1H3,(H,15,17)/b7-6+. The Hall–Kier alpha value is -2.21. The van der Waals surface area contributed by atoms with Gasteiger partial charge in [-0.3, -0.25) is 14.9 Å². The Labute approximate surface area is 116 Å². The number of nitro benzene ring substituents is 1. The van der Waals surface area contributed by atoms with E-state index in [0.717, 1.165) is 0 Å². The lowest BCUT2D eigenvalue weighted by molar-refractivity contribution is -0.385. The molecule has 1 N–H and O–H groups in total. The number of benzene rings is 1. The van der Waals surface area contributed by atoms with E-state index in [0.29, 0.717) is 25.3 Å². The first-order valence-corrected chi connectivity index (χ1v) is 6.27. The minimum atomic E-state index is -0.468. The first kappa shape index (κ1) is 14.2. The summed E-state index contributed by atoms with van der Waals surface area (Å²) in [4.78, 5) is 22.0. The van der Waals surface area contributed by atoms with E-state index >= 15 is 0 Å². The van der Waals surface area contributed by atoms with Gasteiger partial charge in [0.1, 0.15) is 0 Å². The van der Waals surface area contributed by atoms with Gasteiger partial charge in [0, 0.05) is 24.1 Å². The maximum Gasteiger partial charge on any atom is 0.276 e. The quantitative estimate of drug-likeness (QED) is 0.504. The predicted octanol–water partition coefficient (Wildman–Crippen LogP) is 1.76. The molecule has 0 aromatic heterocycles. The Morgan fingerprint density at radius 3 is 2.80 bits per heavy atom. The first-order valence-electron chi connectivity index (χ1n) is 6.27. The van der Waals surface area contributed by atoms with Crippen LogP contribution in [-0.2, 0) is 9.53 Å². The molecule has 1 fully saturated rings. The number of rotatable bonds is 5. The van der Waals surface area contributed by atoms with E-state index < -0.39 is 4.92 Å². The monoisotopic (exact) mass is 276 g/mol. The zero-order chi connectivity index (χ0) is 14.6. The highest BCUT2D eigenvalue weighted by atomic mass is 16.6. The number of para-hydroxylation sites is 1. The van der Waals surface area contributed by atoms with Crippen LogP contribution in [0.5, 0.6) is 0 Å². The number of ether oxygens (including phenoxy) is 1. The molecule has 20 heavy (non-hydrogen) atoms. The van der Waals surface area contributed by atoms with Gasteiger partial charge in [-0.15, -0.1) is 0 Å². The molecule has 2 rings (SSSR count). The molecule has 6 nitrogen and oxygen atoms in total. The number of hydrogen-bond acceptors (Lipinski definition) is 4. The number of carbonyl (C=O) groups excluding carboxylic acids is 1. The molecule has 0 saturated carbocycles. The van der Waals surface area contributed by atoms with Crippen molar-refractivity contribution in [3.63, 3.8) is 0 Å². The fraction of sp³-hybridized carbons (Fsp3) is 0.357. The molecule has 1 aromatic rings. The summed E-state index contributed by atoms with van der Waals surface area (Å²) in [5, 5.41) is 13.6. The Balaban J connectivity index is 1.95. The average molecular weight is 276 g/mol. The fourth-order valence-electron chi connectivity index (χ4n) is 1.87. The molecular weight excluding hydrogens is 260 g/mol. The molecule has 106 valence electrons. The van der Waals surface area contributed by atoms with E-state index in [4.69, 9.17) is 4.74 Å². The van der Waals surface area contributed by atoms with Crippen molar-refractivity contribution in [2.24, 2.45) is 5.41 Å². The van der Waals surface area contributed by atoms with Gasteiger partial charge < -0.3 is 10.1 Å². The van der Waals surface area contributed by atoms with Gasteiger partial charge in [-0.25, -0.2) is 0 Å². The highest BCUT2D eigenvalue weighted by Crippen LogP contribution is 2.25. The van der Waals surface area contributed by atoms with Crippen molar-refractivity contribution < 1.29 is 14.5 Å². The molecule has 6 heteroatoms. The van der Waals surface area contributed by atoms with Gasteiger partial charge in [0.15, 0.2) is 0 Å². The average Bonchev–Trinajstić information content (AvgIpc) is 2.41. The summed E-state index contributed by atoms with van der Waals surface area (Å²) in [6.07, 6.45) is 2.76. The van der Waals surface area contributed by atoms with Crippen LogP contribution >= 0.6 is 0 Å². The first-order chi connectivity index (χ1) is 9.50. The molecule has 1 amide bonds. The third-order valence-corrected chi connectivity index (χ3v) is 3.14. The van der Waals surface area contributed by atoms with Crippen LogP contribution in [0.25, 0.3) is 6.08 Å². The molecule has 0 atom stereocenters. The number of carbonyl (C=O) groups is 1. The third kappa shape index (κ3) is 3.42. The zero-order valence-corrected chi connectivity index (χ0v) is 11.2. The van der Waals surface area contributed by atoms with Crippen LogP contribution in [0, 0.1) is 15.5 Å². The number of hydrogen-bond donors (Lipinski definition) is 1. The Morgan fingerprint density at radius 1 is 1.50 bits per heavy atom. The highest BCUT2D eigenvalue weighted by Gasteiger charge is 2.33. The molecule has 0 aliphatic carbocycles. The van der Waals surface area contributed by atoms with Crippen LogP contribution < -0.4 is 5.32 Å². The summed E-state index contributed by atoms with van der Waals surface area (Å²) in [7, 11) is 0. The van der Waals surface area contributed by atoms with Crippen molar-refractivity contribution in [1.82, 2.24) is 5.32 Å². The summed E-state index contributed by atoms with van der Waals surface area (Å²) in [5.41, 5.74) is 0.393. The Bertz CT molecular complexity index is 550. The van der Waals surface area contributed by atoms with E-state index in [2.05, 4.69) is 5.32 Å². The summed E-state index contributed by atoms with van der Waals surface area (Å²) in [6, 6.07) is 6.29. The second-order valence-corrected chi connectivity index (χ2v) is 5.17. The van der Waals surface area contributed by atoms with Gasteiger partial charge >= 0.3 is 0 Å². The van der Waals surface area contributed by atoms with Crippen molar-refractivity contribution in [2.75, 3.05) is 19.8 Å². The van der Waals surface area contributed by atoms with Gasteiger partial charge in [0.2, 0.25) is 5.91 Å². The normalized spacial score (nSPS) is 16.6. The Kier molecular flexibility index (Phi) is 4.14. The summed E-state index contributed by atoms with van der Waals surface area (Å²) >= 11 is 0. The largest absolute Gasteiger partial charge is 0.380 e. The summed E-state index contributed by atoms with van der Waals surface area (Å²) < 4.78 is 5.10. The molecule has 0 radical (unpaired) electrons. The number of amides is 1. The SMILES string of the molecule is CC1(CNC(=O)/C=C/c2ccccc2[N+](=O)[O-])COC1. The van der Waals surface area contributed by atoms with Crippen molar-refractivity contribution in [3.8, 4) is 0 Å². The van der Waals surface area contributed by atoms with Gasteiger partial charge in [-0.2, -0.15) is 0 Å². The van der Waals surface area contributed by atoms with E-state index in [1.165, 1.54) is 18.2 Å². The van der Waals surface area contributed by atoms with Crippen LogP contribution in [0.15, 0.2) is 30.3 Å². The van der Waals surface area contributed by atoms with Crippen molar-refractivity contribution >= 4 is 17.7 Å². The number of nitrogens with one attached hydrogen (secondary N) is 1. The number of nitrogens with zero attached hydrogens (tertiary/aromatic N) is 1. The molecule has 1 aliphatic rings. The second-order valence-electron chi connectivity index (χ2n) is 5.17. The predicted molar refractivity (Wildman–Crippen MR) is 74.1 cm³/mol.